The van der Waals surface area contributed by atoms with Gasteiger partial charge in [-0.15, -0.1) is 0 Å². The molecule has 3 aromatic carbocycles. The van der Waals surface area contributed by atoms with Gasteiger partial charge in [-0.1, -0.05) is 54.6 Å². The molecule has 0 unspecified atom stereocenters. The Hall–Kier alpha value is -3.60. The van der Waals surface area contributed by atoms with Crippen molar-refractivity contribution in [3.8, 4) is 11.5 Å². The first kappa shape index (κ1) is 19.7. The smallest absolute Gasteiger partial charge is 0.316 e. The molecule has 3 aromatic rings. The lowest BCUT2D eigenvalue weighted by Gasteiger charge is -2.19. The first-order chi connectivity index (χ1) is 14.6. The molecule has 1 saturated heterocycles. The van der Waals surface area contributed by atoms with Crippen molar-refractivity contribution in [3.63, 3.8) is 0 Å². The minimum atomic E-state index is -0.508. The molecule has 5 nitrogen and oxygen atoms in total. The van der Waals surface area contributed by atoms with Crippen molar-refractivity contribution < 1.29 is 19.1 Å². The van der Waals surface area contributed by atoms with Crippen LogP contribution in [0.15, 0.2) is 78.9 Å². The highest BCUT2D eigenvalue weighted by molar-refractivity contribution is 6.00. The summed E-state index contributed by atoms with van der Waals surface area (Å²) in [6, 6.07) is 25.0. The van der Waals surface area contributed by atoms with Gasteiger partial charge in [-0.3, -0.25) is 9.59 Å². The van der Waals surface area contributed by atoms with E-state index in [1.807, 2.05) is 48.5 Å². The molecule has 1 heterocycles. The highest BCUT2D eigenvalue weighted by Crippen LogP contribution is 2.33. The van der Waals surface area contributed by atoms with Crippen molar-refractivity contribution in [2.24, 2.45) is 5.92 Å². The van der Waals surface area contributed by atoms with E-state index in [-0.39, 0.29) is 18.9 Å². The molecule has 1 fully saturated rings. The maximum absolute atomic E-state index is 12.6. The molecule has 1 atom stereocenters. The van der Waals surface area contributed by atoms with Crippen LogP contribution in [0, 0.1) is 5.92 Å². The van der Waals surface area contributed by atoms with Crippen molar-refractivity contribution in [1.82, 2.24) is 0 Å². The van der Waals surface area contributed by atoms with Gasteiger partial charge in [-0.05, 0) is 41.8 Å². The van der Waals surface area contributed by atoms with E-state index in [9.17, 15) is 9.59 Å². The lowest BCUT2D eigenvalue weighted by Crippen LogP contribution is -2.27. The first-order valence-electron chi connectivity index (χ1n) is 9.92. The normalized spacial score (nSPS) is 15.8. The van der Waals surface area contributed by atoms with Crippen LogP contribution in [-0.4, -0.2) is 25.5 Å². The van der Waals surface area contributed by atoms with Gasteiger partial charge >= 0.3 is 5.97 Å². The van der Waals surface area contributed by atoms with E-state index in [1.54, 1.807) is 30.2 Å². The second-order valence-corrected chi connectivity index (χ2v) is 7.30. The second-order valence-electron chi connectivity index (χ2n) is 7.30. The van der Waals surface area contributed by atoms with E-state index in [1.165, 1.54) is 5.56 Å². The molecular weight excluding hydrogens is 378 g/mol. The molecule has 1 aliphatic rings. The van der Waals surface area contributed by atoms with Crippen LogP contribution in [0.25, 0.3) is 0 Å². The average molecular weight is 401 g/mol. The minimum absolute atomic E-state index is 0.111. The van der Waals surface area contributed by atoms with Crippen LogP contribution in [0.3, 0.4) is 0 Å². The van der Waals surface area contributed by atoms with Crippen molar-refractivity contribution in [2.45, 2.75) is 12.8 Å². The van der Waals surface area contributed by atoms with Gasteiger partial charge in [0.2, 0.25) is 5.91 Å². The molecule has 1 amide bonds. The number of amides is 1. The Kier molecular flexibility index (Phi) is 5.80. The average Bonchev–Trinajstić information content (AvgIpc) is 3.17. The number of carbonyl (C=O) groups excluding carboxylic acids is 2. The third-order valence-electron chi connectivity index (χ3n) is 5.23. The van der Waals surface area contributed by atoms with Crippen molar-refractivity contribution in [3.05, 3.63) is 90.0 Å². The molecule has 0 aliphatic carbocycles. The zero-order chi connectivity index (χ0) is 20.9. The van der Waals surface area contributed by atoms with Crippen LogP contribution < -0.4 is 14.4 Å². The Bertz CT molecular complexity index is 1030. The summed E-state index contributed by atoms with van der Waals surface area (Å²) in [4.78, 5) is 26.7. The fraction of sp³-hybridized carbons (Fsp3) is 0.200. The Morgan fingerprint density at radius 2 is 1.60 bits per heavy atom. The number of nitrogens with zero attached hydrogens (tertiary/aromatic N) is 1. The van der Waals surface area contributed by atoms with E-state index >= 15 is 0 Å². The van der Waals surface area contributed by atoms with Gasteiger partial charge in [0.15, 0.2) is 0 Å². The van der Waals surface area contributed by atoms with E-state index in [2.05, 4.69) is 12.1 Å². The Balaban J connectivity index is 1.39. The zero-order valence-corrected chi connectivity index (χ0v) is 16.8. The maximum Gasteiger partial charge on any atom is 0.316 e. The van der Waals surface area contributed by atoms with Crippen LogP contribution in [0.1, 0.15) is 17.5 Å². The summed E-state index contributed by atoms with van der Waals surface area (Å²) >= 11 is 0. The largest absolute Gasteiger partial charge is 0.495 e. The lowest BCUT2D eigenvalue weighted by molar-refractivity contribution is -0.139. The SMILES string of the molecule is COc1ccccc1N1C[C@H](C(=O)Oc2ccc(Cc3ccccc3)cc2)CC1=O. The Morgan fingerprint density at radius 1 is 0.933 bits per heavy atom. The number of ether oxygens (including phenoxy) is 2. The van der Waals surface area contributed by atoms with Gasteiger partial charge in [0.1, 0.15) is 11.5 Å². The number of hydrogen-bond acceptors (Lipinski definition) is 4. The molecule has 0 spiro atoms. The topological polar surface area (TPSA) is 55.8 Å². The molecule has 5 heteroatoms. The van der Waals surface area contributed by atoms with Gasteiger partial charge in [0.25, 0.3) is 0 Å². The van der Waals surface area contributed by atoms with Gasteiger partial charge in [0, 0.05) is 13.0 Å². The molecule has 0 N–H and O–H groups in total. The van der Waals surface area contributed by atoms with Crippen LogP contribution in [0.2, 0.25) is 0 Å². The molecule has 0 saturated carbocycles. The number of anilines is 1. The molecule has 0 aromatic heterocycles. The van der Waals surface area contributed by atoms with E-state index in [0.29, 0.717) is 17.2 Å². The number of rotatable bonds is 6. The summed E-state index contributed by atoms with van der Waals surface area (Å²) in [7, 11) is 1.56. The molecule has 30 heavy (non-hydrogen) atoms. The number of carbonyl (C=O) groups is 2. The lowest BCUT2D eigenvalue weighted by atomic mass is 10.1. The molecule has 0 bridgehead atoms. The highest BCUT2D eigenvalue weighted by atomic mass is 16.5. The summed E-state index contributed by atoms with van der Waals surface area (Å²) in [5.74, 6) is 0.0801. The summed E-state index contributed by atoms with van der Waals surface area (Å²) < 4.78 is 10.9. The van der Waals surface area contributed by atoms with Crippen molar-refractivity contribution >= 4 is 17.6 Å². The monoisotopic (exact) mass is 401 g/mol. The molecular formula is C25H23NO4. The second kappa shape index (κ2) is 8.82. The summed E-state index contributed by atoms with van der Waals surface area (Å²) in [5.41, 5.74) is 3.04. The fourth-order valence-corrected chi connectivity index (χ4v) is 3.66. The van der Waals surface area contributed by atoms with Gasteiger partial charge in [0.05, 0.1) is 18.7 Å². The van der Waals surface area contributed by atoms with Crippen LogP contribution in [0.4, 0.5) is 5.69 Å². The Labute approximate surface area is 175 Å². The zero-order valence-electron chi connectivity index (χ0n) is 16.8. The number of hydrogen-bond donors (Lipinski definition) is 0. The highest BCUT2D eigenvalue weighted by Gasteiger charge is 2.37. The van der Waals surface area contributed by atoms with Crippen LogP contribution in [-0.2, 0) is 16.0 Å². The first-order valence-corrected chi connectivity index (χ1v) is 9.92. The van der Waals surface area contributed by atoms with Crippen molar-refractivity contribution in [1.29, 1.82) is 0 Å². The predicted molar refractivity (Wildman–Crippen MR) is 115 cm³/mol. The maximum atomic E-state index is 12.6. The van der Waals surface area contributed by atoms with Crippen LogP contribution >= 0.6 is 0 Å². The summed E-state index contributed by atoms with van der Waals surface area (Å²) in [6.45, 7) is 0.282. The molecule has 152 valence electrons. The fourth-order valence-electron chi connectivity index (χ4n) is 3.66. The predicted octanol–water partition coefficient (Wildman–Crippen LogP) is 4.24. The third kappa shape index (κ3) is 4.35. The van der Waals surface area contributed by atoms with E-state index in [0.717, 1.165) is 12.0 Å². The molecule has 4 rings (SSSR count). The number of para-hydroxylation sites is 2. The summed E-state index contributed by atoms with van der Waals surface area (Å²) in [5, 5.41) is 0. The van der Waals surface area contributed by atoms with E-state index in [4.69, 9.17) is 9.47 Å². The number of benzene rings is 3. The number of methoxy groups -OCH3 is 1. The third-order valence-corrected chi connectivity index (χ3v) is 5.23. The van der Waals surface area contributed by atoms with Gasteiger partial charge in [-0.25, -0.2) is 0 Å². The quantitative estimate of drug-likeness (QED) is 0.458. The molecule has 1 aliphatic heterocycles. The van der Waals surface area contributed by atoms with Gasteiger partial charge in [-0.2, -0.15) is 0 Å². The molecule has 0 radical (unpaired) electrons. The van der Waals surface area contributed by atoms with Crippen LogP contribution in [0.5, 0.6) is 11.5 Å². The van der Waals surface area contributed by atoms with Crippen molar-refractivity contribution in [2.75, 3.05) is 18.6 Å². The minimum Gasteiger partial charge on any atom is -0.495 e. The Morgan fingerprint density at radius 3 is 2.33 bits per heavy atom. The van der Waals surface area contributed by atoms with Gasteiger partial charge < -0.3 is 14.4 Å². The summed E-state index contributed by atoms with van der Waals surface area (Å²) in [6.07, 6.45) is 0.947. The number of esters is 1. The van der Waals surface area contributed by atoms with E-state index < -0.39 is 11.9 Å². The standard InChI is InChI=1S/C25H23NO4/c1-29-23-10-6-5-9-22(23)26-17-20(16-24(26)27)25(28)30-21-13-11-19(12-14-21)15-18-7-3-2-4-8-18/h2-14,20H,15-17H2,1H3/t20-/m1/s1.